The van der Waals surface area contributed by atoms with Crippen LogP contribution in [0.1, 0.15) is 0 Å². The zero-order chi connectivity index (χ0) is 11.2. The van der Waals surface area contributed by atoms with Gasteiger partial charge in [0.15, 0.2) is 0 Å². The fourth-order valence-corrected chi connectivity index (χ4v) is 0.106. The molecule has 0 bridgehead atoms. The van der Waals surface area contributed by atoms with Crippen molar-refractivity contribution in [2.45, 2.75) is 6.17 Å². The first-order valence-corrected chi connectivity index (χ1v) is 2.52. The summed E-state index contributed by atoms with van der Waals surface area (Å²) in [4.78, 5) is 18.8. The Hall–Kier alpha value is -0.748. The first-order chi connectivity index (χ1) is 5.55. The number of carboxylic acid groups (broad SMARTS) is 2. The van der Waals surface area contributed by atoms with E-state index in [-0.39, 0.29) is 18.9 Å². The van der Waals surface area contributed by atoms with Gasteiger partial charge in [0.05, 0.1) is 0 Å². The van der Waals surface area contributed by atoms with Crippen LogP contribution in [0.2, 0.25) is 0 Å². The molecule has 0 amide bonds. The molecule has 0 saturated carbocycles. The summed E-state index contributed by atoms with van der Waals surface area (Å²) in [5, 5.41) is 15.2. The predicted molar refractivity (Wildman–Crippen MR) is 37.5 cm³/mol. The van der Waals surface area contributed by atoms with E-state index < -0.39 is 25.4 Å². The quantitative estimate of drug-likeness (QED) is 0.392. The molecule has 11 heteroatoms. The summed E-state index contributed by atoms with van der Waals surface area (Å²) in [6.45, 7) is 0. The molecule has 0 radical (unpaired) electrons. The van der Waals surface area contributed by atoms with E-state index in [2.05, 4.69) is 0 Å². The molecule has 0 aromatic heterocycles. The molecule has 0 aliphatic heterocycles. The zero-order valence-electron chi connectivity index (χ0n) is 5.76. The minimum atomic E-state index is -6.00. The van der Waals surface area contributed by atoms with Crippen LogP contribution in [-0.4, -0.2) is 54.4 Å². The second kappa shape index (κ2) is 7.64. The molecule has 0 saturated heterocycles. The Morgan fingerprint density at radius 1 is 1.00 bits per heavy atom. The Morgan fingerprint density at radius 3 is 1.14 bits per heavy atom. The standard InChI is InChI=1S/C3H3FO4.BF4.Li.H/c4-1(2(5)6)3(7)8;2-1(3,4)5;;/h1H,(H,5,6)(H,7,8);;;/q;-1;;. The van der Waals surface area contributed by atoms with Gasteiger partial charge in [0.25, 0.3) is 6.17 Å². The van der Waals surface area contributed by atoms with Gasteiger partial charge in [-0.05, 0) is 0 Å². The van der Waals surface area contributed by atoms with Crippen LogP contribution in [0.4, 0.5) is 21.7 Å². The third-order valence-corrected chi connectivity index (χ3v) is 0.434. The van der Waals surface area contributed by atoms with Crippen molar-refractivity contribution in [3.63, 3.8) is 0 Å². The number of carbonyl (C=O) groups is 2. The SMILES string of the molecule is F[B-](F)(F)F.O=C(O)C(F)C(=O)O.[LiH]. The van der Waals surface area contributed by atoms with Gasteiger partial charge in [0.2, 0.25) is 0 Å². The van der Waals surface area contributed by atoms with Gasteiger partial charge in [-0.25, -0.2) is 14.0 Å². The molecule has 2 N–H and O–H groups in total. The van der Waals surface area contributed by atoms with E-state index in [1.807, 2.05) is 0 Å². The predicted octanol–water partition coefficient (Wildman–Crippen LogP) is 0.145. The molecule has 0 atom stereocenters. The number of aliphatic carboxylic acids is 2. The molecule has 0 aliphatic rings. The van der Waals surface area contributed by atoms with Crippen molar-refractivity contribution in [3.05, 3.63) is 0 Å². The summed E-state index contributed by atoms with van der Waals surface area (Å²) < 4.78 is 50.4. The van der Waals surface area contributed by atoms with E-state index in [0.29, 0.717) is 0 Å². The number of alkyl halides is 1. The number of rotatable bonds is 2. The molecule has 0 unspecified atom stereocenters. The molecule has 0 aromatic carbocycles. The van der Waals surface area contributed by atoms with Crippen LogP contribution in [-0.2, 0) is 9.59 Å². The van der Waals surface area contributed by atoms with Crippen molar-refractivity contribution >= 4 is 38.1 Å². The van der Waals surface area contributed by atoms with Crippen molar-refractivity contribution in [2.24, 2.45) is 0 Å². The molecule has 0 aromatic rings. The van der Waals surface area contributed by atoms with Gasteiger partial charge < -0.3 is 27.5 Å². The maximum atomic E-state index is 11.4. The molecule has 0 aliphatic carbocycles. The normalized spacial score (nSPS) is 9.57. The van der Waals surface area contributed by atoms with Crippen LogP contribution < -0.4 is 0 Å². The van der Waals surface area contributed by atoms with Gasteiger partial charge in [-0.3, -0.25) is 0 Å². The molecule has 0 rings (SSSR count). The van der Waals surface area contributed by atoms with Gasteiger partial charge in [-0.15, -0.1) is 0 Å². The number of carboxylic acids is 2. The second-order valence-electron chi connectivity index (χ2n) is 1.53. The van der Waals surface area contributed by atoms with Crippen LogP contribution in [0, 0.1) is 0 Å². The topological polar surface area (TPSA) is 74.6 Å². The fourth-order valence-electron chi connectivity index (χ4n) is 0.106. The Morgan fingerprint density at radius 2 is 1.14 bits per heavy atom. The summed E-state index contributed by atoms with van der Waals surface area (Å²) in [5.74, 6) is -3.95. The van der Waals surface area contributed by atoms with Gasteiger partial charge in [0.1, 0.15) is 0 Å². The first-order valence-electron chi connectivity index (χ1n) is 2.52. The number of hydrogen-bond donors (Lipinski definition) is 2. The fraction of sp³-hybridized carbons (Fsp3) is 0.333. The molecule has 4 nitrogen and oxygen atoms in total. The zero-order valence-corrected chi connectivity index (χ0v) is 5.76. The Kier molecular flexibility index (Phi) is 10.3. The number of halogens is 5. The average molecular weight is 217 g/mol. The third kappa shape index (κ3) is 22.5. The van der Waals surface area contributed by atoms with E-state index in [1.165, 1.54) is 0 Å². The van der Waals surface area contributed by atoms with Crippen molar-refractivity contribution in [2.75, 3.05) is 0 Å². The van der Waals surface area contributed by atoms with Gasteiger partial charge in [0, 0.05) is 0 Å². The van der Waals surface area contributed by atoms with Crippen molar-refractivity contribution in [1.29, 1.82) is 0 Å². The van der Waals surface area contributed by atoms with E-state index in [9.17, 15) is 31.2 Å². The minimum absolute atomic E-state index is 0. The van der Waals surface area contributed by atoms with Crippen LogP contribution in [0.15, 0.2) is 0 Å². The molecule has 0 spiro atoms. The van der Waals surface area contributed by atoms with Crippen molar-refractivity contribution in [1.82, 2.24) is 0 Å². The van der Waals surface area contributed by atoms with Gasteiger partial charge in [-0.2, -0.15) is 0 Å². The van der Waals surface area contributed by atoms with Gasteiger partial charge in [-0.1, -0.05) is 0 Å². The number of hydrogen-bond acceptors (Lipinski definition) is 2. The molecular formula is C3H4BF5LiO4-. The Bertz CT molecular complexity index is 176. The van der Waals surface area contributed by atoms with Crippen molar-refractivity contribution < 1.29 is 41.5 Å². The molecular weight excluding hydrogens is 213 g/mol. The first kappa shape index (κ1) is 18.9. The van der Waals surface area contributed by atoms with E-state index in [0.717, 1.165) is 0 Å². The molecule has 80 valence electrons. The Labute approximate surface area is 86.4 Å². The van der Waals surface area contributed by atoms with Crippen LogP contribution >= 0.6 is 0 Å². The molecule has 14 heavy (non-hydrogen) atoms. The van der Waals surface area contributed by atoms with Crippen LogP contribution in [0.5, 0.6) is 0 Å². The van der Waals surface area contributed by atoms with Crippen LogP contribution in [0.3, 0.4) is 0 Å². The third-order valence-electron chi connectivity index (χ3n) is 0.434. The van der Waals surface area contributed by atoms with E-state index in [1.54, 1.807) is 0 Å². The van der Waals surface area contributed by atoms with E-state index in [4.69, 9.17) is 10.2 Å². The summed E-state index contributed by atoms with van der Waals surface area (Å²) in [5.41, 5.74) is 0. The summed E-state index contributed by atoms with van der Waals surface area (Å²) in [6.07, 6.45) is -2.80. The van der Waals surface area contributed by atoms with E-state index >= 15 is 0 Å². The molecule has 0 fully saturated rings. The summed E-state index contributed by atoms with van der Waals surface area (Å²) in [7, 11) is -6.00. The van der Waals surface area contributed by atoms with Crippen LogP contribution in [0.25, 0.3) is 0 Å². The van der Waals surface area contributed by atoms with Gasteiger partial charge >= 0.3 is 38.1 Å². The molecule has 0 heterocycles. The Balaban J connectivity index is -0.000000177. The average Bonchev–Trinajstić information content (AvgIpc) is 1.81. The maximum absolute atomic E-state index is 11.4. The monoisotopic (exact) mass is 217 g/mol. The van der Waals surface area contributed by atoms with Crippen molar-refractivity contribution in [3.8, 4) is 0 Å². The summed E-state index contributed by atoms with van der Waals surface area (Å²) in [6, 6.07) is 0. The summed E-state index contributed by atoms with van der Waals surface area (Å²) >= 11 is 0. The second-order valence-corrected chi connectivity index (χ2v) is 1.53.